The van der Waals surface area contributed by atoms with E-state index in [1.54, 1.807) is 13.3 Å². The third-order valence-corrected chi connectivity index (χ3v) is 5.32. The van der Waals surface area contributed by atoms with E-state index in [1.807, 2.05) is 30.3 Å². The number of rotatable bonds is 7. The van der Waals surface area contributed by atoms with E-state index in [0.717, 1.165) is 47.8 Å². The van der Waals surface area contributed by atoms with E-state index in [4.69, 9.17) is 4.74 Å². The fourth-order valence-electron chi connectivity index (χ4n) is 3.34. The minimum Gasteiger partial charge on any atom is -0.497 e. The zero-order valence-corrected chi connectivity index (χ0v) is 15.1. The second kappa shape index (κ2) is 7.36. The van der Waals surface area contributed by atoms with Crippen molar-refractivity contribution in [3.05, 3.63) is 47.7 Å². The Labute approximate surface area is 154 Å². The molecule has 26 heavy (non-hydrogen) atoms. The Balaban J connectivity index is 1.50. The summed E-state index contributed by atoms with van der Waals surface area (Å²) >= 11 is 0. The third-order valence-electron chi connectivity index (χ3n) is 5.32. The first-order valence-corrected chi connectivity index (χ1v) is 9.42. The van der Waals surface area contributed by atoms with Gasteiger partial charge in [0.15, 0.2) is 0 Å². The van der Waals surface area contributed by atoms with Crippen molar-refractivity contribution >= 4 is 17.4 Å². The van der Waals surface area contributed by atoms with Crippen LogP contribution in [0, 0.1) is 5.92 Å². The number of nitrogens with one attached hydrogen (secondary N) is 2. The minimum atomic E-state index is 0.0132. The molecule has 1 aromatic carbocycles. The molecule has 0 spiro atoms. The first kappa shape index (κ1) is 16.9. The van der Waals surface area contributed by atoms with E-state index in [-0.39, 0.29) is 5.91 Å². The first-order valence-electron chi connectivity index (χ1n) is 9.42. The van der Waals surface area contributed by atoms with Crippen LogP contribution in [-0.2, 0) is 0 Å². The maximum atomic E-state index is 12.6. The van der Waals surface area contributed by atoms with Crippen molar-refractivity contribution < 1.29 is 9.53 Å². The molecule has 0 unspecified atom stereocenters. The van der Waals surface area contributed by atoms with Crippen molar-refractivity contribution in [2.75, 3.05) is 19.0 Å². The highest BCUT2D eigenvalue weighted by Crippen LogP contribution is 2.42. The molecule has 2 fully saturated rings. The fourth-order valence-corrected chi connectivity index (χ4v) is 3.34. The number of anilines is 2. The molecule has 2 saturated carbocycles. The summed E-state index contributed by atoms with van der Waals surface area (Å²) < 4.78 is 5.26. The number of carbonyl (C=O) groups is 1. The lowest BCUT2D eigenvalue weighted by Crippen LogP contribution is -2.32. The highest BCUT2D eigenvalue weighted by Gasteiger charge is 2.29. The van der Waals surface area contributed by atoms with Gasteiger partial charge in [-0.25, -0.2) is 4.98 Å². The van der Waals surface area contributed by atoms with Gasteiger partial charge in [-0.2, -0.15) is 0 Å². The van der Waals surface area contributed by atoms with E-state index < -0.39 is 0 Å². The van der Waals surface area contributed by atoms with Crippen LogP contribution < -0.4 is 15.4 Å². The Hall–Kier alpha value is -2.56. The fraction of sp³-hybridized carbons (Fsp3) is 0.429. The molecule has 5 heteroatoms. The van der Waals surface area contributed by atoms with Gasteiger partial charge in [-0.3, -0.25) is 4.79 Å². The SMILES string of the molecule is COc1cccc(Nc2cc(C3CC3)c(C(=O)NCC3CCC3)cn2)c1. The molecule has 2 aliphatic rings. The Morgan fingerprint density at radius 2 is 2.08 bits per heavy atom. The number of methoxy groups -OCH3 is 1. The lowest BCUT2D eigenvalue weighted by Gasteiger charge is -2.25. The topological polar surface area (TPSA) is 63.2 Å². The number of nitrogens with zero attached hydrogens (tertiary/aromatic N) is 1. The van der Waals surface area contributed by atoms with Crippen LogP contribution in [-0.4, -0.2) is 24.5 Å². The molecule has 1 aromatic heterocycles. The highest BCUT2D eigenvalue weighted by molar-refractivity contribution is 5.96. The normalized spacial score (nSPS) is 16.7. The molecular weight excluding hydrogens is 326 g/mol. The Morgan fingerprint density at radius 1 is 1.23 bits per heavy atom. The van der Waals surface area contributed by atoms with Gasteiger partial charge in [0.25, 0.3) is 5.91 Å². The van der Waals surface area contributed by atoms with Gasteiger partial charge < -0.3 is 15.4 Å². The van der Waals surface area contributed by atoms with Crippen molar-refractivity contribution in [1.29, 1.82) is 0 Å². The van der Waals surface area contributed by atoms with Crippen molar-refractivity contribution in [3.8, 4) is 5.75 Å². The summed E-state index contributed by atoms with van der Waals surface area (Å²) in [5.74, 6) is 2.71. The molecule has 0 atom stereocenters. The number of hydrogen-bond acceptors (Lipinski definition) is 4. The monoisotopic (exact) mass is 351 g/mol. The van der Waals surface area contributed by atoms with E-state index in [1.165, 1.54) is 19.3 Å². The van der Waals surface area contributed by atoms with Gasteiger partial charge in [-0.1, -0.05) is 12.5 Å². The summed E-state index contributed by atoms with van der Waals surface area (Å²) in [7, 11) is 1.65. The molecule has 0 bridgehead atoms. The van der Waals surface area contributed by atoms with Crippen LogP contribution in [0.1, 0.15) is 53.9 Å². The molecule has 1 amide bonds. The standard InChI is InChI=1S/C21H25N3O2/c1-26-17-7-3-6-16(10-17)24-20-11-18(15-8-9-15)19(13-22-20)21(25)23-12-14-4-2-5-14/h3,6-7,10-11,13-15H,2,4-5,8-9,12H2,1H3,(H,22,24)(H,23,25). The molecule has 0 radical (unpaired) electrons. The summed E-state index contributed by atoms with van der Waals surface area (Å²) in [6.07, 6.45) is 7.76. The molecule has 2 aromatic rings. The molecule has 2 aliphatic carbocycles. The number of aromatic nitrogens is 1. The third kappa shape index (κ3) is 3.82. The highest BCUT2D eigenvalue weighted by atomic mass is 16.5. The van der Waals surface area contributed by atoms with E-state index >= 15 is 0 Å². The van der Waals surface area contributed by atoms with E-state index in [0.29, 0.717) is 11.8 Å². The quantitative estimate of drug-likeness (QED) is 0.783. The number of pyridine rings is 1. The van der Waals surface area contributed by atoms with Gasteiger partial charge in [-0.05, 0) is 61.3 Å². The maximum Gasteiger partial charge on any atom is 0.253 e. The smallest absolute Gasteiger partial charge is 0.253 e. The van der Waals surface area contributed by atoms with Crippen LogP contribution in [0.15, 0.2) is 36.5 Å². The molecule has 0 aliphatic heterocycles. The number of carbonyl (C=O) groups excluding carboxylic acids is 1. The summed E-state index contributed by atoms with van der Waals surface area (Å²) in [4.78, 5) is 17.1. The Morgan fingerprint density at radius 3 is 2.77 bits per heavy atom. The van der Waals surface area contributed by atoms with Gasteiger partial charge in [-0.15, -0.1) is 0 Å². The lowest BCUT2D eigenvalue weighted by atomic mass is 9.85. The van der Waals surface area contributed by atoms with Crippen LogP contribution in [0.5, 0.6) is 5.75 Å². The van der Waals surface area contributed by atoms with Crippen molar-refractivity contribution in [2.45, 2.75) is 38.0 Å². The second-order valence-electron chi connectivity index (χ2n) is 7.29. The molecule has 2 N–H and O–H groups in total. The van der Waals surface area contributed by atoms with Crippen molar-refractivity contribution in [1.82, 2.24) is 10.3 Å². The molecular formula is C21H25N3O2. The van der Waals surface area contributed by atoms with Crippen LogP contribution >= 0.6 is 0 Å². The number of ether oxygens (including phenoxy) is 1. The van der Waals surface area contributed by atoms with Gasteiger partial charge in [0.05, 0.1) is 12.7 Å². The van der Waals surface area contributed by atoms with Crippen LogP contribution in [0.2, 0.25) is 0 Å². The summed E-state index contributed by atoms with van der Waals surface area (Å²) in [6.45, 7) is 0.784. The lowest BCUT2D eigenvalue weighted by molar-refractivity contribution is 0.0937. The molecule has 1 heterocycles. The predicted molar refractivity (Wildman–Crippen MR) is 102 cm³/mol. The zero-order valence-electron chi connectivity index (χ0n) is 15.1. The molecule has 4 rings (SSSR count). The van der Waals surface area contributed by atoms with E-state index in [2.05, 4.69) is 15.6 Å². The average Bonchev–Trinajstić information content (AvgIpc) is 3.45. The summed E-state index contributed by atoms with van der Waals surface area (Å²) in [6, 6.07) is 9.77. The maximum absolute atomic E-state index is 12.6. The van der Waals surface area contributed by atoms with Gasteiger partial charge in [0, 0.05) is 24.5 Å². The van der Waals surface area contributed by atoms with Gasteiger partial charge >= 0.3 is 0 Å². The zero-order chi connectivity index (χ0) is 17.9. The van der Waals surface area contributed by atoms with Crippen LogP contribution in [0.25, 0.3) is 0 Å². The number of hydrogen-bond donors (Lipinski definition) is 2. The molecule has 136 valence electrons. The van der Waals surface area contributed by atoms with Crippen molar-refractivity contribution in [2.24, 2.45) is 5.92 Å². The largest absolute Gasteiger partial charge is 0.497 e. The second-order valence-corrected chi connectivity index (χ2v) is 7.29. The van der Waals surface area contributed by atoms with Crippen LogP contribution in [0.4, 0.5) is 11.5 Å². The van der Waals surface area contributed by atoms with Gasteiger partial charge in [0.1, 0.15) is 11.6 Å². The number of benzene rings is 1. The predicted octanol–water partition coefficient (Wildman–Crippen LogP) is 4.24. The van der Waals surface area contributed by atoms with E-state index in [9.17, 15) is 4.79 Å². The van der Waals surface area contributed by atoms with Gasteiger partial charge in [0.2, 0.25) is 0 Å². The average molecular weight is 351 g/mol. The summed E-state index contributed by atoms with van der Waals surface area (Å²) in [5.41, 5.74) is 2.75. The molecule has 5 nitrogen and oxygen atoms in total. The molecule has 0 saturated heterocycles. The summed E-state index contributed by atoms with van der Waals surface area (Å²) in [5, 5.41) is 6.41. The minimum absolute atomic E-state index is 0.0132. The Kier molecular flexibility index (Phi) is 4.78. The Bertz CT molecular complexity index is 798. The number of amides is 1. The first-order chi connectivity index (χ1) is 12.7. The van der Waals surface area contributed by atoms with Crippen molar-refractivity contribution in [3.63, 3.8) is 0 Å². The van der Waals surface area contributed by atoms with Crippen LogP contribution in [0.3, 0.4) is 0 Å².